The lowest BCUT2D eigenvalue weighted by atomic mass is 9.98. The van der Waals surface area contributed by atoms with Crippen LogP contribution in [-0.2, 0) is 17.9 Å². The van der Waals surface area contributed by atoms with Gasteiger partial charge in [-0.25, -0.2) is 4.98 Å². The predicted molar refractivity (Wildman–Crippen MR) is 95.0 cm³/mol. The van der Waals surface area contributed by atoms with Crippen molar-refractivity contribution in [2.24, 2.45) is 0 Å². The van der Waals surface area contributed by atoms with Gasteiger partial charge >= 0.3 is 0 Å². The number of hydrogen-bond donors (Lipinski definition) is 2. The Morgan fingerprint density at radius 1 is 1.46 bits per heavy atom. The molecule has 5 nitrogen and oxygen atoms in total. The quantitative estimate of drug-likeness (QED) is 0.845. The summed E-state index contributed by atoms with van der Waals surface area (Å²) in [5.41, 5.74) is 0.925. The Morgan fingerprint density at radius 2 is 2.29 bits per heavy atom. The average Bonchev–Trinajstić information content (AvgIpc) is 3.08. The van der Waals surface area contributed by atoms with Gasteiger partial charge in [-0.1, -0.05) is 29.8 Å². The molecule has 0 spiro atoms. The highest BCUT2D eigenvalue weighted by molar-refractivity contribution is 6.31. The molecule has 1 aromatic heterocycles. The van der Waals surface area contributed by atoms with Crippen LogP contribution in [0.25, 0.3) is 0 Å². The van der Waals surface area contributed by atoms with Crippen LogP contribution in [0, 0.1) is 0 Å². The van der Waals surface area contributed by atoms with Crippen LogP contribution in [0.2, 0.25) is 5.02 Å². The van der Waals surface area contributed by atoms with Crippen LogP contribution in [0.1, 0.15) is 37.1 Å². The molecule has 24 heavy (non-hydrogen) atoms. The number of halogens is 1. The van der Waals surface area contributed by atoms with Crippen LogP contribution in [0.15, 0.2) is 36.7 Å². The summed E-state index contributed by atoms with van der Waals surface area (Å²) in [6, 6.07) is 7.29. The number of benzene rings is 1. The number of rotatable bonds is 6. The molecule has 0 aliphatic carbocycles. The van der Waals surface area contributed by atoms with Crippen molar-refractivity contribution >= 4 is 17.5 Å². The van der Waals surface area contributed by atoms with E-state index < -0.39 is 0 Å². The van der Waals surface area contributed by atoms with E-state index in [4.69, 9.17) is 11.6 Å². The molecule has 2 aromatic rings. The lowest BCUT2D eigenvalue weighted by Crippen LogP contribution is -2.43. The lowest BCUT2D eigenvalue weighted by molar-refractivity contribution is -0.122. The molecule has 1 amide bonds. The summed E-state index contributed by atoms with van der Waals surface area (Å²) in [5, 5.41) is 6.94. The van der Waals surface area contributed by atoms with Crippen molar-refractivity contribution in [3.05, 3.63) is 53.1 Å². The molecule has 1 aliphatic heterocycles. The Labute approximate surface area is 147 Å². The van der Waals surface area contributed by atoms with Crippen molar-refractivity contribution in [2.75, 3.05) is 6.54 Å². The van der Waals surface area contributed by atoms with Crippen molar-refractivity contribution in [3.8, 4) is 0 Å². The van der Waals surface area contributed by atoms with Gasteiger partial charge < -0.3 is 15.2 Å². The average molecular weight is 347 g/mol. The topological polar surface area (TPSA) is 59.0 Å². The minimum atomic E-state index is -0.252. The largest absolute Gasteiger partial charge is 0.351 e. The number of hydrogen-bond acceptors (Lipinski definition) is 3. The van der Waals surface area contributed by atoms with E-state index in [2.05, 4.69) is 20.2 Å². The molecule has 0 saturated carbocycles. The fourth-order valence-electron chi connectivity index (χ4n) is 3.09. The van der Waals surface area contributed by atoms with Gasteiger partial charge in [0.25, 0.3) is 0 Å². The molecule has 0 bridgehead atoms. The third kappa shape index (κ3) is 3.97. The molecule has 0 unspecified atom stereocenters. The smallest absolute Gasteiger partial charge is 0.237 e. The number of nitrogens with one attached hydrogen (secondary N) is 2. The van der Waals surface area contributed by atoms with E-state index in [1.54, 1.807) is 0 Å². The van der Waals surface area contributed by atoms with Gasteiger partial charge in [-0.3, -0.25) is 4.79 Å². The molecular formula is C18H23ClN4O. The molecule has 1 aromatic carbocycles. The standard InChI is InChI=1S/C18H23ClN4O/c1-13(18(24)22-11-14-5-2-3-7-16(14)19)21-12-15-6-4-9-23-10-8-20-17(15)23/h2-3,5,7-8,10,13,15,21H,4,6,9,11-12H2,1H3,(H,22,24)/t13-,15+/m1/s1. The normalized spacial score (nSPS) is 18.0. The molecule has 2 N–H and O–H groups in total. The molecule has 128 valence electrons. The van der Waals surface area contributed by atoms with E-state index in [0.29, 0.717) is 17.5 Å². The first-order valence-corrected chi connectivity index (χ1v) is 8.78. The van der Waals surface area contributed by atoms with Crippen LogP contribution in [-0.4, -0.2) is 28.0 Å². The fraction of sp³-hybridized carbons (Fsp3) is 0.444. The molecule has 2 heterocycles. The third-order valence-electron chi connectivity index (χ3n) is 4.54. The maximum absolute atomic E-state index is 12.3. The summed E-state index contributed by atoms with van der Waals surface area (Å²) in [6.07, 6.45) is 6.15. The summed E-state index contributed by atoms with van der Waals surface area (Å²) >= 11 is 6.11. The second kappa shape index (κ2) is 7.81. The van der Waals surface area contributed by atoms with Crippen molar-refractivity contribution in [3.63, 3.8) is 0 Å². The van der Waals surface area contributed by atoms with Crippen LogP contribution in [0.3, 0.4) is 0 Å². The van der Waals surface area contributed by atoms with Crippen LogP contribution >= 0.6 is 11.6 Å². The summed E-state index contributed by atoms with van der Waals surface area (Å²) in [7, 11) is 0. The van der Waals surface area contributed by atoms with Crippen LogP contribution in [0.5, 0.6) is 0 Å². The number of carbonyl (C=O) groups is 1. The van der Waals surface area contributed by atoms with E-state index in [9.17, 15) is 4.79 Å². The maximum Gasteiger partial charge on any atom is 0.237 e. The minimum Gasteiger partial charge on any atom is -0.351 e. The zero-order chi connectivity index (χ0) is 16.9. The SMILES string of the molecule is C[C@@H](NC[C@@H]1CCCn2ccnc21)C(=O)NCc1ccccc1Cl. The molecule has 0 fully saturated rings. The van der Waals surface area contributed by atoms with Crippen LogP contribution in [0.4, 0.5) is 0 Å². The van der Waals surface area contributed by atoms with E-state index in [0.717, 1.165) is 37.3 Å². The van der Waals surface area contributed by atoms with E-state index in [1.807, 2.05) is 43.6 Å². The Balaban J connectivity index is 1.48. The number of nitrogens with zero attached hydrogens (tertiary/aromatic N) is 2. The highest BCUT2D eigenvalue weighted by atomic mass is 35.5. The summed E-state index contributed by atoms with van der Waals surface area (Å²) < 4.78 is 2.21. The van der Waals surface area contributed by atoms with Gasteiger partial charge in [0.2, 0.25) is 5.91 Å². The Bertz CT molecular complexity index is 700. The number of aromatic nitrogens is 2. The summed E-state index contributed by atoms with van der Waals surface area (Å²) in [4.78, 5) is 16.7. The Morgan fingerprint density at radius 3 is 3.12 bits per heavy atom. The van der Waals surface area contributed by atoms with Crippen molar-refractivity contribution in [1.82, 2.24) is 20.2 Å². The van der Waals surface area contributed by atoms with Crippen molar-refractivity contribution in [2.45, 2.75) is 44.8 Å². The van der Waals surface area contributed by atoms with Gasteiger partial charge in [-0.05, 0) is 31.4 Å². The van der Waals surface area contributed by atoms with Crippen LogP contribution < -0.4 is 10.6 Å². The van der Waals surface area contributed by atoms with E-state index >= 15 is 0 Å². The Kier molecular flexibility index (Phi) is 5.53. The highest BCUT2D eigenvalue weighted by Crippen LogP contribution is 2.24. The highest BCUT2D eigenvalue weighted by Gasteiger charge is 2.22. The van der Waals surface area contributed by atoms with E-state index in [1.165, 1.54) is 0 Å². The number of fused-ring (bicyclic) bond motifs is 1. The minimum absolute atomic E-state index is 0.0194. The summed E-state index contributed by atoms with van der Waals surface area (Å²) in [5.74, 6) is 1.47. The fourth-order valence-corrected chi connectivity index (χ4v) is 3.29. The maximum atomic E-state index is 12.3. The van der Waals surface area contributed by atoms with Gasteiger partial charge in [-0.2, -0.15) is 0 Å². The summed E-state index contributed by atoms with van der Waals surface area (Å²) in [6.45, 7) is 4.13. The van der Waals surface area contributed by atoms with E-state index in [-0.39, 0.29) is 11.9 Å². The van der Waals surface area contributed by atoms with Gasteiger partial charge in [0.15, 0.2) is 0 Å². The monoisotopic (exact) mass is 346 g/mol. The molecule has 2 atom stereocenters. The van der Waals surface area contributed by atoms with Gasteiger partial charge in [-0.15, -0.1) is 0 Å². The molecular weight excluding hydrogens is 324 g/mol. The number of amides is 1. The third-order valence-corrected chi connectivity index (χ3v) is 4.91. The predicted octanol–water partition coefficient (Wildman–Crippen LogP) is 2.71. The molecule has 6 heteroatoms. The second-order valence-electron chi connectivity index (χ2n) is 6.26. The first-order valence-electron chi connectivity index (χ1n) is 8.40. The molecule has 1 aliphatic rings. The zero-order valence-corrected chi connectivity index (χ0v) is 14.6. The number of carbonyl (C=O) groups excluding carboxylic acids is 1. The molecule has 3 rings (SSSR count). The first-order chi connectivity index (χ1) is 11.6. The second-order valence-corrected chi connectivity index (χ2v) is 6.66. The zero-order valence-electron chi connectivity index (χ0n) is 13.8. The van der Waals surface area contributed by atoms with Gasteiger partial charge in [0.05, 0.1) is 6.04 Å². The van der Waals surface area contributed by atoms with Gasteiger partial charge in [0, 0.05) is 43.0 Å². The lowest BCUT2D eigenvalue weighted by Gasteiger charge is -2.25. The first kappa shape index (κ1) is 17.0. The Hall–Kier alpha value is -1.85. The number of aryl methyl sites for hydroxylation is 1. The van der Waals surface area contributed by atoms with Crippen molar-refractivity contribution in [1.29, 1.82) is 0 Å². The van der Waals surface area contributed by atoms with Crippen molar-refractivity contribution < 1.29 is 4.79 Å². The number of imidazole rings is 1. The molecule has 0 saturated heterocycles. The molecule has 0 radical (unpaired) electrons. The van der Waals surface area contributed by atoms with Gasteiger partial charge in [0.1, 0.15) is 5.82 Å².